The van der Waals surface area contributed by atoms with Crippen LogP contribution < -0.4 is 10.3 Å². The number of carbonyl (C=O) groups excluding carboxylic acids is 3. The normalized spacial score (nSPS) is 17.0. The Morgan fingerprint density at radius 1 is 1.05 bits per heavy atom. The first-order valence-electron chi connectivity index (χ1n) is 13.5. The van der Waals surface area contributed by atoms with Crippen LogP contribution in [0.5, 0.6) is 5.75 Å². The van der Waals surface area contributed by atoms with Crippen molar-refractivity contribution >= 4 is 17.6 Å². The third kappa shape index (κ3) is 5.28. The molecule has 1 saturated heterocycles. The Labute approximate surface area is 235 Å². The van der Waals surface area contributed by atoms with E-state index in [0.717, 1.165) is 36.6 Å². The number of benzene rings is 2. The molecule has 0 spiro atoms. The van der Waals surface area contributed by atoms with Crippen LogP contribution in [0.3, 0.4) is 0 Å². The summed E-state index contributed by atoms with van der Waals surface area (Å²) in [4.78, 5) is 54.7. The zero-order chi connectivity index (χ0) is 29.5. The van der Waals surface area contributed by atoms with Crippen molar-refractivity contribution in [1.82, 2.24) is 15.0 Å². The van der Waals surface area contributed by atoms with Crippen LogP contribution in [0, 0.1) is 11.6 Å². The average Bonchev–Trinajstić information content (AvgIpc) is 3.63. The van der Waals surface area contributed by atoms with Gasteiger partial charge in [0.15, 0.2) is 5.78 Å². The van der Waals surface area contributed by atoms with Crippen LogP contribution in [0.1, 0.15) is 65.5 Å². The van der Waals surface area contributed by atoms with E-state index in [-0.39, 0.29) is 35.8 Å². The highest BCUT2D eigenvalue weighted by atomic mass is 19.1. The van der Waals surface area contributed by atoms with Crippen molar-refractivity contribution in [2.75, 3.05) is 26.7 Å². The van der Waals surface area contributed by atoms with Gasteiger partial charge in [-0.1, -0.05) is 6.07 Å². The highest BCUT2D eigenvalue weighted by Gasteiger charge is 2.40. The Hall–Kier alpha value is -4.28. The summed E-state index contributed by atoms with van der Waals surface area (Å²) in [6.45, 7) is 4.23. The molecule has 0 radical (unpaired) electrons. The predicted molar refractivity (Wildman–Crippen MR) is 144 cm³/mol. The van der Waals surface area contributed by atoms with Gasteiger partial charge >= 0.3 is 0 Å². The third-order valence-corrected chi connectivity index (χ3v) is 7.91. The van der Waals surface area contributed by atoms with E-state index in [0.29, 0.717) is 30.8 Å². The molecule has 41 heavy (non-hydrogen) atoms. The summed E-state index contributed by atoms with van der Waals surface area (Å²) in [5.41, 5.74) is -0.984. The van der Waals surface area contributed by atoms with E-state index in [1.807, 2.05) is 0 Å². The van der Waals surface area contributed by atoms with Gasteiger partial charge in [0.2, 0.25) is 11.7 Å². The number of aromatic nitrogens is 1. The van der Waals surface area contributed by atoms with Crippen molar-refractivity contribution < 1.29 is 32.4 Å². The standard InChI is InChI=1S/C30H31F2N3O6/c1-30(2,29(39)34-9-4-5-10-34)26-21(31)12-17(13-22(26)32)14-23(36)27-20-7-6-19(40-3)15-18(20)8-11-35(27)28(38)24-16-25(37)33-41-24/h6-7,12-13,15-16,27H,4-5,8-11,14H2,1-3H3,(H,33,37)/t27-/m1/s1. The predicted octanol–water partition coefficient (Wildman–Crippen LogP) is 3.71. The number of rotatable bonds is 7. The minimum atomic E-state index is -1.44. The first kappa shape index (κ1) is 28.3. The molecule has 3 aromatic rings. The fraction of sp³-hybridized carbons (Fsp3) is 0.400. The largest absolute Gasteiger partial charge is 0.497 e. The Balaban J connectivity index is 1.46. The summed E-state index contributed by atoms with van der Waals surface area (Å²) in [6, 6.07) is 7.17. The fourth-order valence-electron chi connectivity index (χ4n) is 5.87. The molecular weight excluding hydrogens is 536 g/mol. The van der Waals surface area contributed by atoms with E-state index >= 15 is 8.78 Å². The van der Waals surface area contributed by atoms with E-state index in [4.69, 9.17) is 9.26 Å². The second kappa shape index (κ2) is 10.9. The minimum Gasteiger partial charge on any atom is -0.497 e. The lowest BCUT2D eigenvalue weighted by atomic mass is 9.81. The van der Waals surface area contributed by atoms with E-state index in [1.165, 1.54) is 25.9 Å². The Bertz CT molecular complexity index is 1550. The number of halogens is 2. The Morgan fingerprint density at radius 3 is 2.34 bits per heavy atom. The molecule has 2 amide bonds. The second-order valence-corrected chi connectivity index (χ2v) is 11.0. The van der Waals surface area contributed by atoms with Gasteiger partial charge in [-0.2, -0.15) is 5.16 Å². The first-order valence-corrected chi connectivity index (χ1v) is 13.5. The number of aromatic amines is 1. The van der Waals surface area contributed by atoms with E-state index in [1.54, 1.807) is 23.1 Å². The average molecular weight is 568 g/mol. The lowest BCUT2D eigenvalue weighted by molar-refractivity contribution is -0.135. The van der Waals surface area contributed by atoms with Crippen molar-refractivity contribution in [2.45, 2.75) is 51.0 Å². The van der Waals surface area contributed by atoms with Crippen LogP contribution in [0.25, 0.3) is 0 Å². The number of amides is 2. The van der Waals surface area contributed by atoms with Gasteiger partial charge < -0.3 is 19.1 Å². The number of methoxy groups -OCH3 is 1. The molecule has 3 heterocycles. The highest BCUT2D eigenvalue weighted by molar-refractivity contribution is 5.97. The molecule has 0 unspecified atom stereocenters. The molecule has 216 valence electrons. The number of nitrogens with one attached hydrogen (secondary N) is 1. The summed E-state index contributed by atoms with van der Waals surface area (Å²) in [6.07, 6.45) is 1.72. The molecule has 1 N–H and O–H groups in total. The molecule has 11 heteroatoms. The van der Waals surface area contributed by atoms with Crippen LogP contribution >= 0.6 is 0 Å². The van der Waals surface area contributed by atoms with Crippen LogP contribution in [-0.4, -0.2) is 59.3 Å². The number of H-pyrrole nitrogens is 1. The van der Waals surface area contributed by atoms with Crippen LogP contribution in [-0.2, 0) is 27.8 Å². The highest BCUT2D eigenvalue weighted by Crippen LogP contribution is 2.36. The van der Waals surface area contributed by atoms with Gasteiger partial charge in [-0.3, -0.25) is 19.2 Å². The summed E-state index contributed by atoms with van der Waals surface area (Å²) in [7, 11) is 1.52. The van der Waals surface area contributed by atoms with E-state index in [9.17, 15) is 19.2 Å². The Morgan fingerprint density at radius 2 is 1.73 bits per heavy atom. The smallest absolute Gasteiger partial charge is 0.293 e. The molecule has 1 aromatic heterocycles. The van der Waals surface area contributed by atoms with Crippen molar-refractivity contribution in [3.8, 4) is 5.75 Å². The van der Waals surface area contributed by atoms with Crippen molar-refractivity contribution in [2.24, 2.45) is 0 Å². The molecule has 0 aliphatic carbocycles. The second-order valence-electron chi connectivity index (χ2n) is 11.0. The molecule has 2 aliphatic heterocycles. The summed E-state index contributed by atoms with van der Waals surface area (Å²) < 4.78 is 41.2. The number of carbonyl (C=O) groups is 3. The van der Waals surface area contributed by atoms with E-state index < -0.39 is 40.3 Å². The third-order valence-electron chi connectivity index (χ3n) is 7.91. The number of hydrogen-bond acceptors (Lipinski definition) is 6. The minimum absolute atomic E-state index is 0.0689. The van der Waals surface area contributed by atoms with Crippen LogP contribution in [0.15, 0.2) is 45.7 Å². The van der Waals surface area contributed by atoms with Crippen molar-refractivity contribution in [3.05, 3.63) is 86.4 Å². The molecule has 5 rings (SSSR count). The van der Waals surface area contributed by atoms with Crippen LogP contribution in [0.4, 0.5) is 8.78 Å². The van der Waals surface area contributed by atoms with Crippen LogP contribution in [0.2, 0.25) is 0 Å². The zero-order valence-electron chi connectivity index (χ0n) is 23.1. The maximum atomic E-state index is 15.5. The quantitative estimate of drug-likeness (QED) is 0.466. The van der Waals surface area contributed by atoms with Gasteiger partial charge in [-0.25, -0.2) is 8.78 Å². The lowest BCUT2D eigenvalue weighted by Crippen LogP contribution is -2.44. The molecular formula is C30H31F2N3O6. The van der Waals surface area contributed by atoms with Gasteiger partial charge in [0.05, 0.1) is 18.6 Å². The van der Waals surface area contributed by atoms with Gasteiger partial charge in [-0.05, 0) is 74.1 Å². The number of fused-ring (bicyclic) bond motifs is 1. The topological polar surface area (TPSA) is 113 Å². The molecule has 1 atom stereocenters. The van der Waals surface area contributed by atoms with Gasteiger partial charge in [0.1, 0.15) is 23.4 Å². The number of ether oxygens (including phenoxy) is 1. The number of likely N-dealkylation sites (tertiary alicyclic amines) is 1. The monoisotopic (exact) mass is 567 g/mol. The van der Waals surface area contributed by atoms with Gasteiger partial charge in [0, 0.05) is 31.6 Å². The number of nitrogens with zero attached hydrogens (tertiary/aromatic N) is 2. The lowest BCUT2D eigenvalue weighted by Gasteiger charge is -2.36. The summed E-state index contributed by atoms with van der Waals surface area (Å²) in [5.74, 6) is -3.01. The number of Topliss-reactive ketones (excluding diaryl/α,β-unsaturated/α-hetero) is 1. The van der Waals surface area contributed by atoms with E-state index in [2.05, 4.69) is 5.16 Å². The van der Waals surface area contributed by atoms with Gasteiger partial charge in [0.25, 0.3) is 11.5 Å². The number of hydrogen-bond donors (Lipinski definition) is 1. The van der Waals surface area contributed by atoms with Crippen molar-refractivity contribution in [3.63, 3.8) is 0 Å². The maximum absolute atomic E-state index is 15.5. The zero-order valence-corrected chi connectivity index (χ0v) is 23.1. The van der Waals surface area contributed by atoms with Crippen molar-refractivity contribution in [1.29, 1.82) is 0 Å². The molecule has 2 aliphatic rings. The summed E-state index contributed by atoms with van der Waals surface area (Å²) >= 11 is 0. The SMILES string of the molecule is COc1ccc2c(c1)CCN(C(=O)c1cc(=O)[nH]o1)[C@H]2C(=O)Cc1cc(F)c(C(C)(C)C(=O)N2CCCC2)c(F)c1. The summed E-state index contributed by atoms with van der Waals surface area (Å²) in [5, 5.41) is 2.07. The first-order chi connectivity index (χ1) is 19.5. The Kier molecular flexibility index (Phi) is 7.54. The molecule has 0 saturated carbocycles. The molecule has 9 nitrogen and oxygen atoms in total. The van der Waals surface area contributed by atoms with Gasteiger partial charge in [-0.15, -0.1) is 0 Å². The molecule has 0 bridgehead atoms. The number of ketones is 1. The molecule has 2 aromatic carbocycles. The fourth-order valence-corrected chi connectivity index (χ4v) is 5.87. The maximum Gasteiger partial charge on any atom is 0.293 e. The molecule has 1 fully saturated rings.